The monoisotopic (exact) mass is 425 g/mol. The molecule has 0 spiro atoms. The second-order valence-electron chi connectivity index (χ2n) is 6.51. The van der Waals surface area contributed by atoms with E-state index in [4.69, 9.17) is 5.11 Å². The molecule has 0 fully saturated rings. The van der Waals surface area contributed by atoms with Crippen LogP contribution in [0, 0.1) is 17.3 Å². The number of hydrogen-bond acceptors (Lipinski definition) is 9. The normalized spacial score (nSPS) is 14.0. The summed E-state index contributed by atoms with van der Waals surface area (Å²) in [5.74, 6) is -6.28. The van der Waals surface area contributed by atoms with Gasteiger partial charge < -0.3 is 15.3 Å². The number of carbonyl (C=O) groups is 3. The SMILES string of the molecule is O=C=NCCC(C(CCCC(=O)O)C(=O)O)C(CCN=C=O)(CCN=C=O)C(=O)O. The summed E-state index contributed by atoms with van der Waals surface area (Å²) < 4.78 is 0. The van der Waals surface area contributed by atoms with Crippen molar-refractivity contribution >= 4 is 36.1 Å². The van der Waals surface area contributed by atoms with Gasteiger partial charge in [-0.1, -0.05) is 0 Å². The first kappa shape index (κ1) is 26.5. The van der Waals surface area contributed by atoms with E-state index in [1.54, 1.807) is 0 Å². The number of rotatable bonds is 17. The van der Waals surface area contributed by atoms with Crippen molar-refractivity contribution in [3.63, 3.8) is 0 Å². The molecule has 0 aliphatic rings. The number of hydrogen-bond donors (Lipinski definition) is 3. The summed E-state index contributed by atoms with van der Waals surface area (Å²) in [7, 11) is 0. The molecule has 0 aliphatic carbocycles. The van der Waals surface area contributed by atoms with Crippen LogP contribution >= 0.6 is 0 Å². The quantitative estimate of drug-likeness (QED) is 0.223. The van der Waals surface area contributed by atoms with E-state index in [0.29, 0.717) is 0 Å². The highest BCUT2D eigenvalue weighted by molar-refractivity contribution is 5.78. The van der Waals surface area contributed by atoms with Gasteiger partial charge in [-0.05, 0) is 38.0 Å². The zero-order valence-electron chi connectivity index (χ0n) is 16.2. The second-order valence-corrected chi connectivity index (χ2v) is 6.51. The fourth-order valence-electron chi connectivity index (χ4n) is 3.55. The van der Waals surface area contributed by atoms with Gasteiger partial charge in [-0.2, -0.15) is 0 Å². The van der Waals surface area contributed by atoms with Crippen LogP contribution in [0.2, 0.25) is 0 Å². The van der Waals surface area contributed by atoms with Crippen molar-refractivity contribution < 1.29 is 44.1 Å². The molecule has 0 radical (unpaired) electrons. The summed E-state index contributed by atoms with van der Waals surface area (Å²) in [6.07, 6.45) is 2.73. The molecular formula is C18H23N3O9. The predicted molar refractivity (Wildman–Crippen MR) is 99.0 cm³/mol. The summed E-state index contributed by atoms with van der Waals surface area (Å²) in [5.41, 5.74) is -1.79. The average molecular weight is 425 g/mol. The smallest absolute Gasteiger partial charge is 0.310 e. The van der Waals surface area contributed by atoms with E-state index in [9.17, 15) is 39.0 Å². The maximum atomic E-state index is 12.3. The van der Waals surface area contributed by atoms with Gasteiger partial charge >= 0.3 is 17.9 Å². The predicted octanol–water partition coefficient (Wildman–Crippen LogP) is 0.807. The van der Waals surface area contributed by atoms with Crippen LogP contribution < -0.4 is 0 Å². The van der Waals surface area contributed by atoms with Gasteiger partial charge in [-0.3, -0.25) is 14.4 Å². The Morgan fingerprint density at radius 1 is 0.800 bits per heavy atom. The van der Waals surface area contributed by atoms with Crippen LogP contribution in [0.25, 0.3) is 0 Å². The Hall–Kier alpha value is -3.45. The highest BCUT2D eigenvalue weighted by atomic mass is 16.4. The Balaban J connectivity index is 6.27. The molecule has 2 atom stereocenters. The fourth-order valence-corrected chi connectivity index (χ4v) is 3.55. The number of aliphatic imine (C=N–C) groups is 3. The van der Waals surface area contributed by atoms with Crippen molar-refractivity contribution in [3.05, 3.63) is 0 Å². The highest BCUT2D eigenvalue weighted by Gasteiger charge is 2.49. The van der Waals surface area contributed by atoms with Gasteiger partial charge in [-0.25, -0.2) is 29.4 Å². The van der Waals surface area contributed by atoms with E-state index in [0.717, 1.165) is 0 Å². The van der Waals surface area contributed by atoms with Gasteiger partial charge in [0.1, 0.15) is 0 Å². The van der Waals surface area contributed by atoms with Crippen molar-refractivity contribution in [1.82, 2.24) is 0 Å². The highest BCUT2D eigenvalue weighted by Crippen LogP contribution is 2.44. The molecule has 0 aromatic rings. The molecule has 0 aromatic carbocycles. The van der Waals surface area contributed by atoms with Gasteiger partial charge in [0.2, 0.25) is 18.2 Å². The second kappa shape index (κ2) is 14.5. The zero-order valence-corrected chi connectivity index (χ0v) is 16.2. The van der Waals surface area contributed by atoms with Crippen LogP contribution in [0.3, 0.4) is 0 Å². The van der Waals surface area contributed by atoms with Crippen molar-refractivity contribution in [2.45, 2.75) is 38.5 Å². The lowest BCUT2D eigenvalue weighted by molar-refractivity contribution is -0.160. The van der Waals surface area contributed by atoms with Gasteiger partial charge in [0.25, 0.3) is 0 Å². The van der Waals surface area contributed by atoms with Gasteiger partial charge in [-0.15, -0.1) is 0 Å². The number of aliphatic carboxylic acids is 3. The van der Waals surface area contributed by atoms with Crippen LogP contribution in [-0.4, -0.2) is 71.1 Å². The first-order valence-electron chi connectivity index (χ1n) is 9.05. The van der Waals surface area contributed by atoms with E-state index in [1.807, 2.05) is 0 Å². The Morgan fingerprint density at radius 2 is 1.30 bits per heavy atom. The molecule has 30 heavy (non-hydrogen) atoms. The number of nitrogens with zero attached hydrogens (tertiary/aromatic N) is 3. The molecule has 0 bridgehead atoms. The third-order valence-electron chi connectivity index (χ3n) is 4.93. The summed E-state index contributed by atoms with van der Waals surface area (Å²) >= 11 is 0. The topological polar surface area (TPSA) is 200 Å². The number of carboxylic acids is 3. The summed E-state index contributed by atoms with van der Waals surface area (Å²) in [4.78, 5) is 76.4. The molecule has 0 aliphatic heterocycles. The minimum atomic E-state index is -1.79. The van der Waals surface area contributed by atoms with E-state index in [2.05, 4.69) is 15.0 Å². The van der Waals surface area contributed by atoms with E-state index < -0.39 is 35.2 Å². The minimum Gasteiger partial charge on any atom is -0.481 e. The van der Waals surface area contributed by atoms with Crippen LogP contribution in [0.4, 0.5) is 0 Å². The van der Waals surface area contributed by atoms with Crippen molar-refractivity contribution in [2.75, 3.05) is 19.6 Å². The van der Waals surface area contributed by atoms with Crippen LogP contribution in [-0.2, 0) is 28.8 Å². The maximum absolute atomic E-state index is 12.3. The number of carboxylic acid groups (broad SMARTS) is 3. The Morgan fingerprint density at radius 3 is 1.70 bits per heavy atom. The molecule has 0 saturated carbocycles. The molecule has 0 rings (SSSR count). The van der Waals surface area contributed by atoms with Gasteiger partial charge in [0.15, 0.2) is 0 Å². The van der Waals surface area contributed by atoms with Crippen molar-refractivity contribution in [2.24, 2.45) is 32.2 Å². The molecule has 12 heteroatoms. The average Bonchev–Trinajstić information content (AvgIpc) is 2.68. The van der Waals surface area contributed by atoms with Crippen molar-refractivity contribution in [1.29, 1.82) is 0 Å². The minimum absolute atomic E-state index is 0.0194. The first-order chi connectivity index (χ1) is 14.3. The Labute approximate surface area is 171 Å². The molecule has 0 heterocycles. The molecular weight excluding hydrogens is 402 g/mol. The van der Waals surface area contributed by atoms with E-state index >= 15 is 0 Å². The van der Waals surface area contributed by atoms with Gasteiger partial charge in [0, 0.05) is 6.42 Å². The largest absolute Gasteiger partial charge is 0.481 e. The summed E-state index contributed by atoms with van der Waals surface area (Å²) in [6.45, 7) is -0.745. The lowest BCUT2D eigenvalue weighted by Crippen LogP contribution is -2.46. The van der Waals surface area contributed by atoms with E-state index in [1.165, 1.54) is 18.2 Å². The molecule has 0 aromatic heterocycles. The Kier molecular flexibility index (Phi) is 12.9. The molecule has 0 amide bonds. The molecule has 3 N–H and O–H groups in total. The third-order valence-corrected chi connectivity index (χ3v) is 4.93. The third kappa shape index (κ3) is 8.70. The standard InChI is InChI=1S/C18H23N3O9/c22-10-19-7-4-14(13(16(27)28)2-1-3-15(25)26)18(17(29)30,5-8-20-11-23)6-9-21-12-24/h13-14H,1-9H2,(H,25,26)(H,27,28)(H,29,30). The van der Waals surface area contributed by atoms with Crippen LogP contribution in [0.15, 0.2) is 15.0 Å². The van der Waals surface area contributed by atoms with Crippen LogP contribution in [0.1, 0.15) is 38.5 Å². The molecule has 12 nitrogen and oxygen atoms in total. The molecule has 0 saturated heterocycles. The fraction of sp³-hybridized carbons (Fsp3) is 0.667. The summed E-state index contributed by atoms with van der Waals surface area (Å²) in [5, 5.41) is 28.6. The lowest BCUT2D eigenvalue weighted by Gasteiger charge is -2.39. The first-order valence-corrected chi connectivity index (χ1v) is 9.05. The molecule has 2 unspecified atom stereocenters. The Bertz CT molecular complexity index is 726. The van der Waals surface area contributed by atoms with Crippen molar-refractivity contribution in [3.8, 4) is 0 Å². The molecule has 164 valence electrons. The number of carbonyl (C=O) groups excluding carboxylic acids is 3. The van der Waals surface area contributed by atoms with Crippen LogP contribution in [0.5, 0.6) is 0 Å². The zero-order chi connectivity index (χ0) is 23.0. The maximum Gasteiger partial charge on any atom is 0.310 e. The van der Waals surface area contributed by atoms with Gasteiger partial charge in [0.05, 0.1) is 31.0 Å². The van der Waals surface area contributed by atoms with E-state index in [-0.39, 0.29) is 58.2 Å². The number of isocyanates is 3. The summed E-state index contributed by atoms with van der Waals surface area (Å²) in [6, 6.07) is 0. The lowest BCUT2D eigenvalue weighted by atomic mass is 9.63.